The quantitative estimate of drug-likeness (QED) is 0.306. The molecule has 196 valence electrons. The fourth-order valence-corrected chi connectivity index (χ4v) is 4.28. The number of nitrogen functional groups attached to an aromatic ring is 1. The van der Waals surface area contributed by atoms with E-state index in [0.717, 1.165) is 29.6 Å². The summed E-state index contributed by atoms with van der Waals surface area (Å²) in [6, 6.07) is 20.1. The lowest BCUT2D eigenvalue weighted by molar-refractivity contribution is 0.0290. The lowest BCUT2D eigenvalue weighted by Gasteiger charge is -2.26. The Kier molecular flexibility index (Phi) is 7.81. The average Bonchev–Trinajstić information content (AvgIpc) is 3.32. The van der Waals surface area contributed by atoms with Gasteiger partial charge in [0, 0.05) is 36.3 Å². The molecule has 1 aliphatic heterocycles. The molecule has 4 aromatic rings. The van der Waals surface area contributed by atoms with Crippen LogP contribution in [-0.2, 0) is 16.0 Å². The Hall–Kier alpha value is -4.41. The van der Waals surface area contributed by atoms with Gasteiger partial charge in [0.05, 0.1) is 42.8 Å². The Morgan fingerprint density at radius 3 is 2.58 bits per heavy atom. The maximum Gasteiger partial charge on any atom is 0.411 e. The van der Waals surface area contributed by atoms with E-state index in [1.54, 1.807) is 30.5 Å². The van der Waals surface area contributed by atoms with Crippen LogP contribution in [-0.4, -0.2) is 66.1 Å². The molecule has 10 heteroatoms. The van der Waals surface area contributed by atoms with E-state index in [1.807, 2.05) is 47.1 Å². The number of fused-ring (bicyclic) bond motifs is 1. The zero-order chi connectivity index (χ0) is 26.3. The van der Waals surface area contributed by atoms with Crippen LogP contribution in [0.25, 0.3) is 10.9 Å². The fourth-order valence-electron chi connectivity index (χ4n) is 4.28. The molecule has 0 unspecified atom stereocenters. The van der Waals surface area contributed by atoms with Gasteiger partial charge in [-0.25, -0.2) is 4.79 Å². The highest BCUT2D eigenvalue weighted by Crippen LogP contribution is 2.21. The fraction of sp³-hybridized carbons (Fsp3) is 0.250. The number of para-hydroxylation sites is 2. The first kappa shape index (κ1) is 25.2. The average molecular weight is 515 g/mol. The van der Waals surface area contributed by atoms with Gasteiger partial charge in [0.15, 0.2) is 0 Å². The Balaban J connectivity index is 1.15. The lowest BCUT2D eigenvalue weighted by Crippen LogP contribution is -2.38. The molecule has 4 N–H and O–H groups in total. The van der Waals surface area contributed by atoms with Crippen molar-refractivity contribution in [1.82, 2.24) is 14.7 Å². The molecule has 10 nitrogen and oxygen atoms in total. The summed E-state index contributed by atoms with van der Waals surface area (Å²) < 4.78 is 12.5. The Morgan fingerprint density at radius 1 is 1.00 bits per heavy atom. The molecule has 2 heterocycles. The minimum absolute atomic E-state index is 0.223. The maximum absolute atomic E-state index is 12.6. The molecule has 38 heavy (non-hydrogen) atoms. The summed E-state index contributed by atoms with van der Waals surface area (Å²) >= 11 is 0. The summed E-state index contributed by atoms with van der Waals surface area (Å²) in [5.74, 6) is -0.223. The van der Waals surface area contributed by atoms with Crippen molar-refractivity contribution < 1.29 is 19.1 Å². The zero-order valence-electron chi connectivity index (χ0n) is 20.9. The molecule has 1 aromatic heterocycles. The smallest absolute Gasteiger partial charge is 0.411 e. The van der Waals surface area contributed by atoms with Gasteiger partial charge in [0.25, 0.3) is 5.91 Å². The van der Waals surface area contributed by atoms with Crippen LogP contribution in [0.2, 0.25) is 0 Å². The number of nitrogens with one attached hydrogen (secondary N) is 2. The number of nitrogens with two attached hydrogens (primary N) is 1. The summed E-state index contributed by atoms with van der Waals surface area (Å²) in [6.07, 6.45) is 1.28. The van der Waals surface area contributed by atoms with Gasteiger partial charge in [-0.05, 0) is 48.0 Å². The SMILES string of the molecule is Nc1ccccc1NC(=O)c1ccc(Cn2ncc3cc(NC(=O)OCCN4CCOCC4)ccc32)cc1. The first-order chi connectivity index (χ1) is 18.5. The molecule has 1 fully saturated rings. The number of ether oxygens (including phenoxy) is 2. The summed E-state index contributed by atoms with van der Waals surface area (Å²) in [5.41, 5.74) is 10.1. The van der Waals surface area contributed by atoms with E-state index in [4.69, 9.17) is 15.2 Å². The summed E-state index contributed by atoms with van der Waals surface area (Å²) in [7, 11) is 0. The molecule has 1 saturated heterocycles. The van der Waals surface area contributed by atoms with Gasteiger partial charge in [-0.15, -0.1) is 0 Å². The van der Waals surface area contributed by atoms with Crippen LogP contribution < -0.4 is 16.4 Å². The van der Waals surface area contributed by atoms with Gasteiger partial charge >= 0.3 is 6.09 Å². The minimum Gasteiger partial charge on any atom is -0.448 e. The number of benzene rings is 3. The number of carbonyl (C=O) groups is 2. The number of amides is 2. The van der Waals surface area contributed by atoms with Crippen molar-refractivity contribution in [2.45, 2.75) is 6.54 Å². The molecule has 0 radical (unpaired) electrons. The molecule has 2 amide bonds. The molecule has 0 bridgehead atoms. The van der Waals surface area contributed by atoms with Crippen LogP contribution in [0.15, 0.2) is 72.9 Å². The highest BCUT2D eigenvalue weighted by molar-refractivity contribution is 6.05. The Labute approximate surface area is 220 Å². The monoisotopic (exact) mass is 514 g/mol. The zero-order valence-corrected chi connectivity index (χ0v) is 20.9. The van der Waals surface area contributed by atoms with Gasteiger partial charge in [0.2, 0.25) is 0 Å². The molecule has 0 atom stereocenters. The highest BCUT2D eigenvalue weighted by Gasteiger charge is 2.12. The third-order valence-corrected chi connectivity index (χ3v) is 6.39. The number of hydrogen-bond acceptors (Lipinski definition) is 7. The second kappa shape index (κ2) is 11.8. The number of hydrogen-bond donors (Lipinski definition) is 3. The van der Waals surface area contributed by atoms with Crippen molar-refractivity contribution in [3.05, 3.63) is 84.1 Å². The second-order valence-corrected chi connectivity index (χ2v) is 9.03. The van der Waals surface area contributed by atoms with Crippen LogP contribution in [0.5, 0.6) is 0 Å². The van der Waals surface area contributed by atoms with E-state index in [2.05, 4.69) is 20.6 Å². The predicted octanol–water partition coefficient (Wildman–Crippen LogP) is 3.80. The molecule has 0 spiro atoms. The number of aromatic nitrogens is 2. The molecule has 0 aliphatic carbocycles. The van der Waals surface area contributed by atoms with Crippen molar-refractivity contribution in [3.8, 4) is 0 Å². The maximum atomic E-state index is 12.6. The van der Waals surface area contributed by atoms with Crippen LogP contribution in [0.3, 0.4) is 0 Å². The first-order valence-electron chi connectivity index (χ1n) is 12.5. The number of morpholine rings is 1. The summed E-state index contributed by atoms with van der Waals surface area (Å²) in [5, 5.41) is 11.0. The number of carbonyl (C=O) groups excluding carboxylic acids is 2. The number of rotatable bonds is 8. The van der Waals surface area contributed by atoms with Crippen molar-refractivity contribution in [2.75, 3.05) is 55.8 Å². The number of nitrogens with zero attached hydrogens (tertiary/aromatic N) is 3. The van der Waals surface area contributed by atoms with Gasteiger partial charge in [0.1, 0.15) is 6.61 Å². The normalized spacial score (nSPS) is 13.8. The molecule has 3 aromatic carbocycles. The van der Waals surface area contributed by atoms with Gasteiger partial charge in [-0.1, -0.05) is 24.3 Å². The van der Waals surface area contributed by atoms with Crippen molar-refractivity contribution >= 4 is 40.0 Å². The predicted molar refractivity (Wildman–Crippen MR) is 146 cm³/mol. The van der Waals surface area contributed by atoms with Crippen molar-refractivity contribution in [3.63, 3.8) is 0 Å². The van der Waals surface area contributed by atoms with E-state index >= 15 is 0 Å². The summed E-state index contributed by atoms with van der Waals surface area (Å²) in [4.78, 5) is 27.0. The van der Waals surface area contributed by atoms with E-state index in [1.165, 1.54) is 0 Å². The Morgan fingerprint density at radius 2 is 1.79 bits per heavy atom. The molecular formula is C28H30N6O4. The van der Waals surface area contributed by atoms with E-state index in [-0.39, 0.29) is 5.91 Å². The van der Waals surface area contributed by atoms with Gasteiger partial charge < -0.3 is 20.5 Å². The number of anilines is 3. The summed E-state index contributed by atoms with van der Waals surface area (Å²) in [6.45, 7) is 4.69. The van der Waals surface area contributed by atoms with Gasteiger partial charge in [-0.3, -0.25) is 19.7 Å². The first-order valence-corrected chi connectivity index (χ1v) is 12.5. The minimum atomic E-state index is -0.482. The molecule has 5 rings (SSSR count). The standard InChI is InChI=1S/C28H30N6O4/c29-24-3-1-2-4-25(24)32-27(35)21-7-5-20(6-8-21)19-34-26-10-9-23(17-22(26)18-30-34)31-28(36)38-16-13-33-11-14-37-15-12-33/h1-10,17-18H,11-16,19,29H2,(H,31,36)(H,32,35). The molecular weight excluding hydrogens is 484 g/mol. The lowest BCUT2D eigenvalue weighted by atomic mass is 10.1. The van der Waals surface area contributed by atoms with Crippen LogP contribution in [0.4, 0.5) is 21.9 Å². The third-order valence-electron chi connectivity index (χ3n) is 6.39. The molecule has 1 aliphatic rings. The molecule has 0 saturated carbocycles. The van der Waals surface area contributed by atoms with Crippen LogP contribution in [0.1, 0.15) is 15.9 Å². The van der Waals surface area contributed by atoms with Crippen molar-refractivity contribution in [1.29, 1.82) is 0 Å². The van der Waals surface area contributed by atoms with E-state index in [0.29, 0.717) is 55.5 Å². The Bertz CT molecular complexity index is 1410. The van der Waals surface area contributed by atoms with Crippen LogP contribution >= 0.6 is 0 Å². The largest absolute Gasteiger partial charge is 0.448 e. The highest BCUT2D eigenvalue weighted by atomic mass is 16.5. The van der Waals surface area contributed by atoms with E-state index in [9.17, 15) is 9.59 Å². The van der Waals surface area contributed by atoms with E-state index < -0.39 is 6.09 Å². The van der Waals surface area contributed by atoms with Crippen molar-refractivity contribution in [2.24, 2.45) is 0 Å². The van der Waals surface area contributed by atoms with Crippen LogP contribution in [0, 0.1) is 0 Å². The topological polar surface area (TPSA) is 124 Å². The van der Waals surface area contributed by atoms with Gasteiger partial charge in [-0.2, -0.15) is 5.10 Å². The third kappa shape index (κ3) is 6.28. The second-order valence-electron chi connectivity index (χ2n) is 9.03.